The lowest BCUT2D eigenvalue weighted by Crippen LogP contribution is -2.11. The number of nitrogens with two attached hydrogens (primary N) is 1. The van der Waals surface area contributed by atoms with Gasteiger partial charge in [-0.3, -0.25) is 5.41 Å². The van der Waals surface area contributed by atoms with Gasteiger partial charge in [0.1, 0.15) is 12.4 Å². The number of para-hydroxylation sites is 2. The van der Waals surface area contributed by atoms with Crippen molar-refractivity contribution in [2.75, 3.05) is 6.61 Å². The molecule has 0 fully saturated rings. The first kappa shape index (κ1) is 14.9. The summed E-state index contributed by atoms with van der Waals surface area (Å²) < 4.78 is 11.5. The molecule has 0 amide bonds. The molecule has 2 aromatic rings. The predicted octanol–water partition coefficient (Wildman–Crippen LogP) is 3.34. The summed E-state index contributed by atoms with van der Waals surface area (Å²) in [4.78, 5) is 0. The van der Waals surface area contributed by atoms with Crippen LogP contribution in [0.4, 0.5) is 0 Å². The quantitative estimate of drug-likeness (QED) is 0.605. The van der Waals surface area contributed by atoms with E-state index in [2.05, 4.69) is 6.92 Å². The van der Waals surface area contributed by atoms with Crippen LogP contribution in [0.25, 0.3) is 0 Å². The van der Waals surface area contributed by atoms with Crippen molar-refractivity contribution in [3.05, 3.63) is 59.7 Å². The maximum Gasteiger partial charge on any atom is 0.161 e. The van der Waals surface area contributed by atoms with Crippen LogP contribution in [-0.4, -0.2) is 12.4 Å². The van der Waals surface area contributed by atoms with Crippen LogP contribution in [0.5, 0.6) is 11.5 Å². The van der Waals surface area contributed by atoms with Crippen LogP contribution in [0.3, 0.4) is 0 Å². The fraction of sp³-hybridized carbons (Fsp3) is 0.235. The smallest absolute Gasteiger partial charge is 0.161 e. The van der Waals surface area contributed by atoms with Crippen molar-refractivity contribution >= 4 is 5.84 Å². The third-order valence-corrected chi connectivity index (χ3v) is 2.94. The van der Waals surface area contributed by atoms with Crippen LogP contribution in [-0.2, 0) is 6.61 Å². The zero-order chi connectivity index (χ0) is 15.1. The van der Waals surface area contributed by atoms with Crippen molar-refractivity contribution < 1.29 is 9.47 Å². The number of amidine groups is 1. The monoisotopic (exact) mass is 284 g/mol. The van der Waals surface area contributed by atoms with E-state index >= 15 is 0 Å². The third kappa shape index (κ3) is 4.24. The summed E-state index contributed by atoms with van der Waals surface area (Å²) in [5.41, 5.74) is 7.16. The summed E-state index contributed by atoms with van der Waals surface area (Å²) in [6, 6.07) is 15.1. The molecule has 2 aromatic carbocycles. The van der Waals surface area contributed by atoms with Crippen molar-refractivity contribution in [3.63, 3.8) is 0 Å². The van der Waals surface area contributed by atoms with E-state index in [0.29, 0.717) is 18.8 Å². The number of ether oxygens (including phenoxy) is 2. The molecule has 0 heterocycles. The number of benzene rings is 2. The van der Waals surface area contributed by atoms with E-state index in [1.54, 1.807) is 0 Å². The van der Waals surface area contributed by atoms with Crippen molar-refractivity contribution in [1.82, 2.24) is 0 Å². The summed E-state index contributed by atoms with van der Waals surface area (Å²) in [7, 11) is 0. The summed E-state index contributed by atoms with van der Waals surface area (Å²) in [5, 5.41) is 7.46. The van der Waals surface area contributed by atoms with Gasteiger partial charge in [-0.2, -0.15) is 0 Å². The molecule has 0 aliphatic carbocycles. The standard InChI is InChI=1S/C17H20N2O2/c1-2-10-20-15-8-3-4-9-16(15)21-12-13-6-5-7-14(11-13)17(18)19/h3-9,11H,2,10,12H2,1H3,(H3,18,19). The average molecular weight is 284 g/mol. The molecule has 0 saturated carbocycles. The molecule has 4 heteroatoms. The normalized spacial score (nSPS) is 10.1. The van der Waals surface area contributed by atoms with Gasteiger partial charge in [-0.15, -0.1) is 0 Å². The second kappa shape index (κ2) is 7.33. The van der Waals surface area contributed by atoms with Gasteiger partial charge in [-0.25, -0.2) is 0 Å². The lowest BCUT2D eigenvalue weighted by Gasteiger charge is -2.12. The van der Waals surface area contributed by atoms with Crippen LogP contribution < -0.4 is 15.2 Å². The highest BCUT2D eigenvalue weighted by atomic mass is 16.5. The fourth-order valence-electron chi connectivity index (χ4n) is 1.89. The van der Waals surface area contributed by atoms with Crippen LogP contribution in [0.2, 0.25) is 0 Å². The Kier molecular flexibility index (Phi) is 5.21. The molecular formula is C17H20N2O2. The van der Waals surface area contributed by atoms with Gasteiger partial charge in [0.25, 0.3) is 0 Å². The van der Waals surface area contributed by atoms with Gasteiger partial charge in [0.15, 0.2) is 11.5 Å². The van der Waals surface area contributed by atoms with E-state index in [1.807, 2.05) is 48.5 Å². The van der Waals surface area contributed by atoms with E-state index in [9.17, 15) is 0 Å². The van der Waals surface area contributed by atoms with E-state index in [1.165, 1.54) is 0 Å². The Morgan fingerprint density at radius 1 is 1.05 bits per heavy atom. The third-order valence-electron chi connectivity index (χ3n) is 2.94. The van der Waals surface area contributed by atoms with Gasteiger partial charge in [-0.1, -0.05) is 37.3 Å². The topological polar surface area (TPSA) is 68.3 Å². The van der Waals surface area contributed by atoms with Crippen molar-refractivity contribution in [1.29, 1.82) is 5.41 Å². The van der Waals surface area contributed by atoms with Crippen LogP contribution >= 0.6 is 0 Å². The maximum absolute atomic E-state index is 7.46. The van der Waals surface area contributed by atoms with Crippen LogP contribution in [0.1, 0.15) is 24.5 Å². The predicted molar refractivity (Wildman–Crippen MR) is 84.0 cm³/mol. The molecule has 0 bridgehead atoms. The molecule has 0 atom stereocenters. The molecule has 2 rings (SSSR count). The zero-order valence-corrected chi connectivity index (χ0v) is 12.1. The summed E-state index contributed by atoms with van der Waals surface area (Å²) in [6.45, 7) is 3.14. The molecule has 0 aliphatic rings. The number of hydrogen-bond donors (Lipinski definition) is 2. The largest absolute Gasteiger partial charge is 0.490 e. The van der Waals surface area contributed by atoms with E-state index in [0.717, 1.165) is 23.5 Å². The molecule has 0 radical (unpaired) electrons. The summed E-state index contributed by atoms with van der Waals surface area (Å²) in [5.74, 6) is 1.53. The van der Waals surface area contributed by atoms with E-state index in [4.69, 9.17) is 20.6 Å². The lowest BCUT2D eigenvalue weighted by molar-refractivity contribution is 0.262. The first-order valence-electron chi connectivity index (χ1n) is 6.98. The van der Waals surface area contributed by atoms with Crippen LogP contribution in [0, 0.1) is 5.41 Å². The summed E-state index contributed by atoms with van der Waals surface area (Å²) >= 11 is 0. The van der Waals surface area contributed by atoms with Gasteiger partial charge in [0.05, 0.1) is 6.61 Å². The summed E-state index contributed by atoms with van der Waals surface area (Å²) in [6.07, 6.45) is 0.953. The van der Waals surface area contributed by atoms with Gasteiger partial charge in [0.2, 0.25) is 0 Å². The minimum absolute atomic E-state index is 0.0588. The lowest BCUT2D eigenvalue weighted by atomic mass is 10.1. The van der Waals surface area contributed by atoms with Crippen molar-refractivity contribution in [2.45, 2.75) is 20.0 Å². The minimum atomic E-state index is 0.0588. The molecular weight excluding hydrogens is 264 g/mol. The minimum Gasteiger partial charge on any atom is -0.490 e. The average Bonchev–Trinajstić information content (AvgIpc) is 2.52. The number of hydrogen-bond acceptors (Lipinski definition) is 3. The molecule has 110 valence electrons. The highest BCUT2D eigenvalue weighted by Crippen LogP contribution is 2.27. The molecule has 0 saturated heterocycles. The first-order valence-corrected chi connectivity index (χ1v) is 6.98. The second-order valence-electron chi connectivity index (χ2n) is 4.70. The van der Waals surface area contributed by atoms with Gasteiger partial charge >= 0.3 is 0 Å². The Bertz CT molecular complexity index is 611. The molecule has 3 N–H and O–H groups in total. The first-order chi connectivity index (χ1) is 10.2. The number of nitrogens with one attached hydrogen (secondary N) is 1. The highest BCUT2D eigenvalue weighted by Gasteiger charge is 2.05. The molecule has 21 heavy (non-hydrogen) atoms. The second-order valence-corrected chi connectivity index (χ2v) is 4.70. The molecule has 0 aliphatic heterocycles. The van der Waals surface area contributed by atoms with Gasteiger partial charge in [-0.05, 0) is 30.2 Å². The van der Waals surface area contributed by atoms with E-state index < -0.39 is 0 Å². The molecule has 0 unspecified atom stereocenters. The van der Waals surface area contributed by atoms with Gasteiger partial charge < -0.3 is 15.2 Å². The van der Waals surface area contributed by atoms with Gasteiger partial charge in [0, 0.05) is 5.56 Å². The Morgan fingerprint density at radius 2 is 1.76 bits per heavy atom. The SMILES string of the molecule is CCCOc1ccccc1OCc1cccc(C(=N)N)c1. The Labute approximate surface area is 125 Å². The Balaban J connectivity index is 2.06. The van der Waals surface area contributed by atoms with Crippen molar-refractivity contribution in [3.8, 4) is 11.5 Å². The fourth-order valence-corrected chi connectivity index (χ4v) is 1.89. The zero-order valence-electron chi connectivity index (χ0n) is 12.1. The molecule has 0 aromatic heterocycles. The molecule has 0 spiro atoms. The Morgan fingerprint density at radius 3 is 2.43 bits per heavy atom. The Hall–Kier alpha value is -2.49. The van der Waals surface area contributed by atoms with E-state index in [-0.39, 0.29) is 5.84 Å². The maximum atomic E-state index is 7.46. The number of rotatable bonds is 7. The molecule has 4 nitrogen and oxygen atoms in total. The van der Waals surface area contributed by atoms with Crippen molar-refractivity contribution in [2.24, 2.45) is 5.73 Å². The number of nitrogen functional groups attached to an aromatic ring is 1. The van der Waals surface area contributed by atoms with Crippen LogP contribution in [0.15, 0.2) is 48.5 Å². The highest BCUT2D eigenvalue weighted by molar-refractivity contribution is 5.95.